The molecule has 0 bridgehead atoms. The minimum absolute atomic E-state index is 0.180. The average Bonchev–Trinajstić information content (AvgIpc) is 3.38. The third kappa shape index (κ3) is 2.38. The Balaban J connectivity index is 1.59. The topological polar surface area (TPSA) is 40.5 Å². The summed E-state index contributed by atoms with van der Waals surface area (Å²) in [6.45, 7) is 0.954. The fourth-order valence-corrected chi connectivity index (χ4v) is 6.14. The molecule has 0 amide bonds. The summed E-state index contributed by atoms with van der Waals surface area (Å²) in [6, 6.07) is 10.9. The van der Waals surface area contributed by atoms with E-state index in [1.165, 1.54) is 5.69 Å². The molecule has 0 unspecified atom stereocenters. The number of carboxylic acids is 1. The van der Waals surface area contributed by atoms with Crippen LogP contribution in [0.25, 0.3) is 0 Å². The summed E-state index contributed by atoms with van der Waals surface area (Å²) in [5.41, 5.74) is 5.05. The number of halogens is 1. The van der Waals surface area contributed by atoms with E-state index in [1.807, 2.05) is 24.3 Å². The number of hydrogen-bond donors (Lipinski definition) is 1. The lowest BCUT2D eigenvalue weighted by Gasteiger charge is -2.51. The molecule has 29 heavy (non-hydrogen) atoms. The molecule has 146 valence electrons. The minimum atomic E-state index is -0.862. The summed E-state index contributed by atoms with van der Waals surface area (Å²) < 4.78 is 13.6. The van der Waals surface area contributed by atoms with Gasteiger partial charge >= 0.3 is 5.97 Å². The fraction of sp³-hybridized carbons (Fsp3) is 0.320. The molecule has 0 saturated carbocycles. The highest BCUT2D eigenvalue weighted by molar-refractivity contribution is 5.90. The zero-order chi connectivity index (χ0) is 19.7. The van der Waals surface area contributed by atoms with Gasteiger partial charge in [-0.3, -0.25) is 0 Å². The quantitative estimate of drug-likeness (QED) is 0.700. The Hall–Kier alpha value is -2.88. The zero-order valence-corrected chi connectivity index (χ0v) is 16.0. The third-order valence-electron chi connectivity index (χ3n) is 7.31. The number of carboxylic acid groups (broad SMARTS) is 1. The van der Waals surface area contributed by atoms with Gasteiger partial charge in [0.1, 0.15) is 5.82 Å². The average molecular weight is 387 g/mol. The van der Waals surface area contributed by atoms with Crippen LogP contribution in [0.3, 0.4) is 0 Å². The van der Waals surface area contributed by atoms with E-state index in [9.17, 15) is 14.3 Å². The Morgan fingerprint density at radius 3 is 2.45 bits per heavy atom. The summed E-state index contributed by atoms with van der Waals surface area (Å²) in [7, 11) is 0. The first-order valence-corrected chi connectivity index (χ1v) is 10.4. The Bertz CT molecular complexity index is 1050. The van der Waals surface area contributed by atoms with Crippen LogP contribution in [0.5, 0.6) is 0 Å². The van der Waals surface area contributed by atoms with E-state index in [0.29, 0.717) is 17.4 Å². The van der Waals surface area contributed by atoms with Gasteiger partial charge in [0, 0.05) is 24.1 Å². The summed E-state index contributed by atoms with van der Waals surface area (Å²) >= 11 is 0. The van der Waals surface area contributed by atoms with Crippen molar-refractivity contribution in [3.63, 3.8) is 0 Å². The second kappa shape index (κ2) is 6.06. The molecule has 0 radical (unpaired) electrons. The van der Waals surface area contributed by atoms with Gasteiger partial charge in [0.25, 0.3) is 0 Å². The first-order chi connectivity index (χ1) is 14.1. The normalized spacial score (nSPS) is 30.8. The predicted molar refractivity (Wildman–Crippen MR) is 110 cm³/mol. The SMILES string of the molecule is O=C(O)c1cc2c3c(c1)[C@H]1C=CC[C@H]1[C@@H](c1ccc(F)cc1)N3C[C@H]1CC=C[C@H]21. The molecule has 4 aliphatic rings. The van der Waals surface area contributed by atoms with Crippen molar-refractivity contribution in [3.8, 4) is 0 Å². The highest BCUT2D eigenvalue weighted by atomic mass is 19.1. The first-order valence-electron chi connectivity index (χ1n) is 10.4. The van der Waals surface area contributed by atoms with Crippen molar-refractivity contribution in [2.45, 2.75) is 30.7 Å². The third-order valence-corrected chi connectivity index (χ3v) is 7.31. The van der Waals surface area contributed by atoms with Crippen molar-refractivity contribution in [3.05, 3.63) is 88.8 Å². The Labute approximate surface area is 169 Å². The minimum Gasteiger partial charge on any atom is -0.478 e. The zero-order valence-electron chi connectivity index (χ0n) is 16.0. The second-order valence-corrected chi connectivity index (χ2v) is 8.76. The molecule has 2 aliphatic carbocycles. The number of fused-ring (bicyclic) bond motifs is 4. The van der Waals surface area contributed by atoms with Crippen molar-refractivity contribution >= 4 is 11.7 Å². The van der Waals surface area contributed by atoms with Crippen LogP contribution in [0.2, 0.25) is 0 Å². The smallest absolute Gasteiger partial charge is 0.335 e. The highest BCUT2D eigenvalue weighted by Crippen LogP contribution is 2.58. The van der Waals surface area contributed by atoms with E-state index in [2.05, 4.69) is 29.2 Å². The van der Waals surface area contributed by atoms with Crippen molar-refractivity contribution < 1.29 is 14.3 Å². The Morgan fingerprint density at radius 1 is 1.00 bits per heavy atom. The summed E-state index contributed by atoms with van der Waals surface area (Å²) in [4.78, 5) is 14.4. The van der Waals surface area contributed by atoms with E-state index in [4.69, 9.17) is 0 Å². The van der Waals surface area contributed by atoms with Crippen LogP contribution in [-0.2, 0) is 0 Å². The number of rotatable bonds is 2. The molecule has 3 nitrogen and oxygen atoms in total. The Kier molecular flexibility index (Phi) is 3.55. The molecular weight excluding hydrogens is 365 g/mol. The number of aromatic carboxylic acids is 1. The van der Waals surface area contributed by atoms with Gasteiger partial charge in [-0.15, -0.1) is 0 Å². The van der Waals surface area contributed by atoms with Gasteiger partial charge in [0.15, 0.2) is 0 Å². The molecule has 2 aromatic carbocycles. The van der Waals surface area contributed by atoms with Gasteiger partial charge in [0.2, 0.25) is 0 Å². The maximum absolute atomic E-state index is 13.6. The Morgan fingerprint density at radius 2 is 1.69 bits per heavy atom. The molecule has 6 rings (SSSR count). The van der Waals surface area contributed by atoms with Crippen molar-refractivity contribution in [1.82, 2.24) is 0 Å². The van der Waals surface area contributed by atoms with E-state index in [0.717, 1.165) is 36.1 Å². The van der Waals surface area contributed by atoms with Gasteiger partial charge in [-0.2, -0.15) is 0 Å². The molecule has 0 saturated heterocycles. The van der Waals surface area contributed by atoms with Crippen LogP contribution in [-0.4, -0.2) is 17.6 Å². The summed E-state index contributed by atoms with van der Waals surface area (Å²) in [5, 5.41) is 9.74. The van der Waals surface area contributed by atoms with Gasteiger partial charge in [-0.05, 0) is 65.6 Å². The largest absolute Gasteiger partial charge is 0.478 e. The van der Waals surface area contributed by atoms with Crippen molar-refractivity contribution in [2.75, 3.05) is 11.4 Å². The number of anilines is 1. The number of allylic oxidation sites excluding steroid dienone is 4. The second-order valence-electron chi connectivity index (χ2n) is 8.76. The monoisotopic (exact) mass is 387 g/mol. The molecule has 5 atom stereocenters. The number of hydrogen-bond acceptors (Lipinski definition) is 2. The first kappa shape index (κ1) is 17.0. The molecule has 2 heterocycles. The number of carbonyl (C=O) groups is 1. The molecule has 2 aromatic rings. The van der Waals surface area contributed by atoms with Gasteiger partial charge < -0.3 is 10.0 Å². The lowest BCUT2D eigenvalue weighted by atomic mass is 9.70. The van der Waals surface area contributed by atoms with Crippen LogP contribution in [0.1, 0.15) is 57.8 Å². The van der Waals surface area contributed by atoms with Crippen LogP contribution in [0, 0.1) is 17.7 Å². The van der Waals surface area contributed by atoms with Crippen LogP contribution >= 0.6 is 0 Å². The fourth-order valence-electron chi connectivity index (χ4n) is 6.14. The standard InChI is InChI=1S/C25H22FNO2/c26-17-9-7-14(8-10-17)23-20-6-2-5-19(20)22-12-16(25(28)29)11-21-18-4-1-3-15(18)13-27(23)24(21)22/h1-2,4-5,7-12,15,18-20,23H,3,6,13H2,(H,28,29)/t15-,18+,19+,20-,23-/m1/s1. The van der Waals surface area contributed by atoms with Crippen LogP contribution in [0.15, 0.2) is 60.7 Å². The lowest BCUT2D eigenvalue weighted by Crippen LogP contribution is -2.46. The maximum Gasteiger partial charge on any atom is 0.335 e. The van der Waals surface area contributed by atoms with Gasteiger partial charge in [-0.25, -0.2) is 9.18 Å². The summed E-state index contributed by atoms with van der Waals surface area (Å²) in [5.74, 6) is 0.228. The van der Waals surface area contributed by atoms with E-state index in [1.54, 1.807) is 12.1 Å². The summed E-state index contributed by atoms with van der Waals surface area (Å²) in [6.07, 6.45) is 11.0. The molecule has 2 aliphatic heterocycles. The van der Waals surface area contributed by atoms with E-state index < -0.39 is 5.97 Å². The molecule has 0 spiro atoms. The van der Waals surface area contributed by atoms with Crippen LogP contribution < -0.4 is 4.90 Å². The van der Waals surface area contributed by atoms with Crippen molar-refractivity contribution in [1.29, 1.82) is 0 Å². The number of nitrogens with zero attached hydrogens (tertiary/aromatic N) is 1. The van der Waals surface area contributed by atoms with Crippen LogP contribution in [0.4, 0.5) is 10.1 Å². The number of benzene rings is 2. The van der Waals surface area contributed by atoms with Gasteiger partial charge in [-0.1, -0.05) is 36.4 Å². The van der Waals surface area contributed by atoms with Crippen molar-refractivity contribution in [2.24, 2.45) is 11.8 Å². The molecule has 4 heteroatoms. The van der Waals surface area contributed by atoms with Gasteiger partial charge in [0.05, 0.1) is 11.6 Å². The molecule has 1 N–H and O–H groups in total. The molecular formula is C25H22FNO2. The van der Waals surface area contributed by atoms with E-state index in [-0.39, 0.29) is 23.7 Å². The predicted octanol–water partition coefficient (Wildman–Crippen LogP) is 5.42. The maximum atomic E-state index is 13.6. The van der Waals surface area contributed by atoms with E-state index >= 15 is 0 Å². The highest BCUT2D eigenvalue weighted by Gasteiger charge is 2.48. The lowest BCUT2D eigenvalue weighted by molar-refractivity contribution is 0.0696. The molecule has 0 fully saturated rings. The molecule has 0 aromatic heterocycles.